The van der Waals surface area contributed by atoms with Crippen molar-refractivity contribution in [3.8, 4) is 0 Å². The van der Waals surface area contributed by atoms with Crippen LogP contribution in [0.4, 0.5) is 16.3 Å². The molecule has 0 spiro atoms. The van der Waals surface area contributed by atoms with Crippen LogP contribution in [-0.4, -0.2) is 73.8 Å². The van der Waals surface area contributed by atoms with Crippen LogP contribution in [0, 0.1) is 0 Å². The van der Waals surface area contributed by atoms with Crippen molar-refractivity contribution in [1.29, 1.82) is 0 Å². The summed E-state index contributed by atoms with van der Waals surface area (Å²) in [6, 6.07) is 8.21. The Balaban J connectivity index is 1.17. The van der Waals surface area contributed by atoms with Crippen molar-refractivity contribution in [2.45, 2.75) is 6.42 Å². The number of aromatic nitrogens is 4. The van der Waals surface area contributed by atoms with Crippen LogP contribution in [0.3, 0.4) is 0 Å². The number of benzene rings is 1. The minimum Gasteiger partial charge on any atom is -0.378 e. The fourth-order valence-corrected chi connectivity index (χ4v) is 5.74. The molecule has 1 fully saturated rings. The van der Waals surface area contributed by atoms with E-state index in [9.17, 15) is 4.79 Å². The van der Waals surface area contributed by atoms with Gasteiger partial charge in [0.1, 0.15) is 17.8 Å². The molecule has 2 aliphatic rings. The summed E-state index contributed by atoms with van der Waals surface area (Å²) < 4.78 is 8.59. The highest BCUT2D eigenvalue weighted by Gasteiger charge is 2.23. The van der Waals surface area contributed by atoms with E-state index in [1.54, 1.807) is 17.7 Å². The lowest BCUT2D eigenvalue weighted by atomic mass is 10.1. The van der Waals surface area contributed by atoms with Gasteiger partial charge in [0.05, 0.1) is 34.3 Å². The maximum Gasteiger partial charge on any atom is 0.297 e. The fraction of sp³-hybridized carbons (Fsp3) is 0.304. The van der Waals surface area contributed by atoms with Crippen LogP contribution in [0.2, 0.25) is 0 Å². The number of hydrogen-bond acceptors (Lipinski definition) is 9. The summed E-state index contributed by atoms with van der Waals surface area (Å²) in [6.45, 7) is 4.12. The molecule has 0 atom stereocenters. The Kier molecular flexibility index (Phi) is 5.91. The molecule has 1 saturated heterocycles. The van der Waals surface area contributed by atoms with Crippen molar-refractivity contribution in [3.05, 3.63) is 47.9 Å². The molecular formula is C23H23N7O2S2. The third-order valence-corrected chi connectivity index (χ3v) is 7.81. The maximum atomic E-state index is 12.5. The molecule has 0 saturated carbocycles. The van der Waals surface area contributed by atoms with E-state index >= 15 is 0 Å². The highest BCUT2D eigenvalue weighted by atomic mass is 32.2. The number of morpholine rings is 1. The molecule has 0 bridgehead atoms. The molecule has 5 heterocycles. The molecule has 1 amide bonds. The average molecular weight is 494 g/mol. The molecule has 9 nitrogen and oxygen atoms in total. The smallest absolute Gasteiger partial charge is 0.297 e. The molecule has 0 unspecified atom stereocenters. The van der Waals surface area contributed by atoms with Crippen molar-refractivity contribution in [1.82, 2.24) is 29.1 Å². The van der Waals surface area contributed by atoms with Crippen molar-refractivity contribution < 1.29 is 9.53 Å². The number of nitrogens with one attached hydrogen (secondary N) is 2. The highest BCUT2D eigenvalue weighted by molar-refractivity contribution is 8.11. The summed E-state index contributed by atoms with van der Waals surface area (Å²) in [6.07, 6.45) is 4.61. The van der Waals surface area contributed by atoms with Gasteiger partial charge in [0.2, 0.25) is 0 Å². The van der Waals surface area contributed by atoms with E-state index in [1.165, 1.54) is 17.5 Å². The van der Waals surface area contributed by atoms with Crippen LogP contribution in [0.1, 0.15) is 12.1 Å². The van der Waals surface area contributed by atoms with Gasteiger partial charge in [0.25, 0.3) is 5.24 Å². The standard InChI is InChI=1S/C23H23N7O2S2/c31-23(29-7-9-32-10-8-29)34-30-5-3-15(4-6-30)19-12-17-21(24-13-25-22(17)28-19)27-16-1-2-18-20(11-16)33-14-26-18/h1-3,11-14H,4-10H2,(H2,24,25,27,28). The average Bonchev–Trinajstić information content (AvgIpc) is 3.52. The number of nitrogens with zero attached hydrogens (tertiary/aromatic N) is 5. The van der Waals surface area contributed by atoms with Crippen LogP contribution in [-0.2, 0) is 4.74 Å². The number of carbonyl (C=O) groups is 1. The van der Waals surface area contributed by atoms with Crippen LogP contribution in [0.25, 0.3) is 26.8 Å². The van der Waals surface area contributed by atoms with E-state index < -0.39 is 0 Å². The van der Waals surface area contributed by atoms with Gasteiger partial charge in [0, 0.05) is 49.5 Å². The zero-order valence-corrected chi connectivity index (χ0v) is 20.0. The number of rotatable bonds is 4. The second-order valence-corrected chi connectivity index (χ2v) is 10.1. The number of ether oxygens (including phenoxy) is 1. The number of anilines is 2. The monoisotopic (exact) mass is 493 g/mol. The molecule has 2 aliphatic heterocycles. The van der Waals surface area contributed by atoms with Crippen molar-refractivity contribution in [3.63, 3.8) is 0 Å². The zero-order valence-electron chi connectivity index (χ0n) is 18.4. The first kappa shape index (κ1) is 21.5. The second kappa shape index (κ2) is 9.34. The van der Waals surface area contributed by atoms with Crippen LogP contribution in [0.15, 0.2) is 42.2 Å². The van der Waals surface area contributed by atoms with Crippen molar-refractivity contribution in [2.75, 3.05) is 44.7 Å². The summed E-state index contributed by atoms with van der Waals surface area (Å²) >= 11 is 2.93. The number of thiazole rings is 1. The minimum atomic E-state index is 0.105. The van der Waals surface area contributed by atoms with Crippen LogP contribution >= 0.6 is 23.3 Å². The second-order valence-electron chi connectivity index (χ2n) is 8.15. The minimum absolute atomic E-state index is 0.105. The van der Waals surface area contributed by atoms with Gasteiger partial charge >= 0.3 is 0 Å². The first-order valence-corrected chi connectivity index (χ1v) is 12.8. The lowest BCUT2D eigenvalue weighted by Crippen LogP contribution is -2.40. The molecule has 1 aromatic carbocycles. The summed E-state index contributed by atoms with van der Waals surface area (Å²) in [7, 11) is 0. The first-order valence-electron chi connectivity index (χ1n) is 11.2. The Morgan fingerprint density at radius 1 is 1.15 bits per heavy atom. The fourth-order valence-electron chi connectivity index (χ4n) is 4.17. The van der Waals surface area contributed by atoms with E-state index in [-0.39, 0.29) is 5.24 Å². The summed E-state index contributed by atoms with van der Waals surface area (Å²) in [5.74, 6) is 0.765. The molecule has 6 rings (SSSR count). The molecule has 2 N–H and O–H groups in total. The Bertz CT molecular complexity index is 1380. The van der Waals surface area contributed by atoms with Gasteiger partial charge in [-0.3, -0.25) is 4.79 Å². The molecule has 4 aromatic rings. The molecule has 0 aliphatic carbocycles. The van der Waals surface area contributed by atoms with Gasteiger partial charge < -0.3 is 19.9 Å². The molecule has 174 valence electrons. The van der Waals surface area contributed by atoms with E-state index in [4.69, 9.17) is 4.74 Å². The summed E-state index contributed by atoms with van der Waals surface area (Å²) in [4.78, 5) is 31.1. The Morgan fingerprint density at radius 3 is 2.91 bits per heavy atom. The summed E-state index contributed by atoms with van der Waals surface area (Å²) in [5.41, 5.74) is 6.88. The van der Waals surface area contributed by atoms with E-state index in [0.717, 1.165) is 58.0 Å². The largest absolute Gasteiger partial charge is 0.378 e. The molecule has 11 heteroatoms. The van der Waals surface area contributed by atoms with Crippen LogP contribution < -0.4 is 5.32 Å². The topological polar surface area (TPSA) is 99.3 Å². The Hall–Kier alpha value is -2.99. The summed E-state index contributed by atoms with van der Waals surface area (Å²) in [5, 5.41) is 4.48. The van der Waals surface area contributed by atoms with E-state index in [2.05, 4.69) is 47.8 Å². The van der Waals surface area contributed by atoms with Crippen molar-refractivity contribution in [2.24, 2.45) is 0 Å². The van der Waals surface area contributed by atoms with Gasteiger partial charge in [-0.25, -0.2) is 19.3 Å². The Labute approximate surface area is 204 Å². The van der Waals surface area contributed by atoms with Gasteiger partial charge in [-0.2, -0.15) is 0 Å². The van der Waals surface area contributed by atoms with Gasteiger partial charge in [-0.05, 0) is 36.3 Å². The third-order valence-electron chi connectivity index (χ3n) is 6.01. The lowest BCUT2D eigenvalue weighted by molar-refractivity contribution is 0.0591. The maximum absolute atomic E-state index is 12.5. The molecule has 34 heavy (non-hydrogen) atoms. The molecular weight excluding hydrogens is 470 g/mol. The molecule has 0 radical (unpaired) electrons. The molecule has 3 aromatic heterocycles. The predicted molar refractivity (Wildman–Crippen MR) is 136 cm³/mol. The zero-order chi connectivity index (χ0) is 22.9. The number of aromatic amines is 1. The quantitative estimate of drug-likeness (QED) is 0.401. The SMILES string of the molecule is O=C(SN1CC=C(c2cc3c(Nc4ccc5ncsc5c4)ncnc3[nH]2)CC1)N1CCOCC1. The highest BCUT2D eigenvalue weighted by Crippen LogP contribution is 2.31. The number of amides is 1. The van der Waals surface area contributed by atoms with Gasteiger partial charge in [-0.15, -0.1) is 11.3 Å². The predicted octanol–water partition coefficient (Wildman–Crippen LogP) is 4.50. The number of carbonyl (C=O) groups excluding carboxylic acids is 1. The number of hydrogen-bond donors (Lipinski definition) is 2. The lowest BCUT2D eigenvalue weighted by Gasteiger charge is -2.30. The van der Waals surface area contributed by atoms with Crippen molar-refractivity contribution >= 4 is 66.9 Å². The number of H-pyrrole nitrogens is 1. The van der Waals surface area contributed by atoms with E-state index in [1.807, 2.05) is 22.5 Å². The van der Waals surface area contributed by atoms with E-state index in [0.29, 0.717) is 26.3 Å². The normalized spacial score (nSPS) is 17.3. The number of fused-ring (bicyclic) bond motifs is 2. The van der Waals surface area contributed by atoms with Gasteiger partial charge in [0.15, 0.2) is 0 Å². The third kappa shape index (κ3) is 4.39. The first-order chi connectivity index (χ1) is 16.7. The van der Waals surface area contributed by atoms with Crippen LogP contribution in [0.5, 0.6) is 0 Å². The van der Waals surface area contributed by atoms with Gasteiger partial charge in [-0.1, -0.05) is 6.08 Å². The Morgan fingerprint density at radius 2 is 2.06 bits per heavy atom.